The topological polar surface area (TPSA) is 122 Å². The van der Waals surface area contributed by atoms with Gasteiger partial charge >= 0.3 is 12.0 Å². The van der Waals surface area contributed by atoms with Crippen molar-refractivity contribution in [2.45, 2.75) is 40.7 Å². The fourth-order valence-corrected chi connectivity index (χ4v) is 3.21. The molecule has 2 N–H and O–H groups in total. The van der Waals surface area contributed by atoms with Crippen LogP contribution in [0.2, 0.25) is 0 Å². The number of anilines is 1. The Hall–Kier alpha value is -4.06. The summed E-state index contributed by atoms with van der Waals surface area (Å²) < 4.78 is 12.1. The number of methoxy groups -OCH3 is 1. The Morgan fingerprint density at radius 3 is 2.44 bits per heavy atom. The number of esters is 1. The highest BCUT2D eigenvalue weighted by Crippen LogP contribution is 2.20. The van der Waals surface area contributed by atoms with Crippen LogP contribution in [0.25, 0.3) is 6.08 Å². The van der Waals surface area contributed by atoms with Gasteiger partial charge in [-0.2, -0.15) is 5.26 Å². The van der Waals surface area contributed by atoms with Gasteiger partial charge in [-0.1, -0.05) is 13.8 Å². The van der Waals surface area contributed by atoms with Gasteiger partial charge in [0.15, 0.2) is 6.61 Å². The third-order valence-corrected chi connectivity index (χ3v) is 5.12. The largest absolute Gasteiger partial charge is 0.497 e. The number of nitrogens with one attached hydrogen (secondary N) is 2. The Balaban J connectivity index is 1.94. The first kappa shape index (κ1) is 26.2. The van der Waals surface area contributed by atoms with E-state index in [0.717, 1.165) is 29.9 Å². The van der Waals surface area contributed by atoms with Crippen molar-refractivity contribution < 1.29 is 23.9 Å². The maximum atomic E-state index is 12.3. The number of aryl methyl sites for hydroxylation is 1. The number of aromatic nitrogens is 1. The molecule has 9 heteroatoms. The lowest BCUT2D eigenvalue weighted by Crippen LogP contribution is -2.37. The van der Waals surface area contributed by atoms with Crippen molar-refractivity contribution in [1.29, 1.82) is 5.26 Å². The molecule has 0 saturated carbocycles. The number of benzene rings is 1. The highest BCUT2D eigenvalue weighted by Gasteiger charge is 2.17. The summed E-state index contributed by atoms with van der Waals surface area (Å²) >= 11 is 0. The summed E-state index contributed by atoms with van der Waals surface area (Å²) in [5.74, 6) is -0.606. The lowest BCUT2D eigenvalue weighted by molar-refractivity contribution is -0.144. The number of nitriles is 1. The van der Waals surface area contributed by atoms with Crippen LogP contribution >= 0.6 is 0 Å². The number of amides is 3. The van der Waals surface area contributed by atoms with E-state index in [4.69, 9.17) is 9.47 Å². The second-order valence-electron chi connectivity index (χ2n) is 8.14. The molecule has 0 aliphatic heterocycles. The van der Waals surface area contributed by atoms with E-state index in [-0.39, 0.29) is 5.57 Å². The van der Waals surface area contributed by atoms with Crippen molar-refractivity contribution in [3.05, 3.63) is 52.9 Å². The Labute approximate surface area is 199 Å². The van der Waals surface area contributed by atoms with Crippen LogP contribution in [-0.2, 0) is 20.9 Å². The van der Waals surface area contributed by atoms with Crippen molar-refractivity contribution in [1.82, 2.24) is 9.88 Å². The normalized spacial score (nSPS) is 11.0. The van der Waals surface area contributed by atoms with Gasteiger partial charge in [-0.3, -0.25) is 10.1 Å². The zero-order chi connectivity index (χ0) is 25.3. The highest BCUT2D eigenvalue weighted by atomic mass is 16.5. The molecule has 0 radical (unpaired) electrons. The summed E-state index contributed by atoms with van der Waals surface area (Å²) in [5.41, 5.74) is 2.91. The fourth-order valence-electron chi connectivity index (χ4n) is 3.21. The fraction of sp³-hybridized carbons (Fsp3) is 0.360. The van der Waals surface area contributed by atoms with Crippen LogP contribution in [0, 0.1) is 31.1 Å². The van der Waals surface area contributed by atoms with E-state index >= 15 is 0 Å². The maximum Gasteiger partial charge on any atom is 0.349 e. The van der Waals surface area contributed by atoms with Crippen molar-refractivity contribution in [3.63, 3.8) is 0 Å². The Morgan fingerprint density at radius 2 is 1.85 bits per heavy atom. The van der Waals surface area contributed by atoms with Crippen LogP contribution in [-0.4, -0.2) is 36.2 Å². The average molecular weight is 467 g/mol. The van der Waals surface area contributed by atoms with Crippen LogP contribution in [0.4, 0.5) is 10.5 Å². The first-order chi connectivity index (χ1) is 16.1. The van der Waals surface area contributed by atoms with Gasteiger partial charge in [-0.25, -0.2) is 9.59 Å². The summed E-state index contributed by atoms with van der Waals surface area (Å²) in [6.45, 7) is 8.33. The molecule has 2 rings (SSSR count). The SMILES string of the molecule is COc1ccc(NC(=O)NC(=O)COC(=O)/C(C#N)=C/c2cc(C)n(CCC(C)C)c2C)cc1. The van der Waals surface area contributed by atoms with Gasteiger partial charge < -0.3 is 19.4 Å². The number of hydrogen-bond donors (Lipinski definition) is 2. The van der Waals surface area contributed by atoms with Gasteiger partial charge in [-0.15, -0.1) is 0 Å². The van der Waals surface area contributed by atoms with Crippen LogP contribution in [0.1, 0.15) is 37.2 Å². The molecule has 0 spiro atoms. The monoisotopic (exact) mass is 466 g/mol. The Morgan fingerprint density at radius 1 is 1.18 bits per heavy atom. The second-order valence-corrected chi connectivity index (χ2v) is 8.14. The lowest BCUT2D eigenvalue weighted by atomic mass is 10.1. The Bertz CT molecular complexity index is 1110. The third kappa shape index (κ3) is 7.52. The second kappa shape index (κ2) is 12.3. The van der Waals surface area contributed by atoms with Crippen LogP contribution in [0.3, 0.4) is 0 Å². The number of imide groups is 1. The van der Waals surface area contributed by atoms with Crippen LogP contribution < -0.4 is 15.4 Å². The number of urea groups is 1. The molecular weight excluding hydrogens is 436 g/mol. The summed E-state index contributed by atoms with van der Waals surface area (Å²) in [6.07, 6.45) is 2.46. The molecule has 0 atom stereocenters. The minimum atomic E-state index is -0.944. The molecule has 2 aromatic rings. The quantitative estimate of drug-likeness (QED) is 0.328. The van der Waals surface area contributed by atoms with Crippen LogP contribution in [0.5, 0.6) is 5.75 Å². The molecule has 34 heavy (non-hydrogen) atoms. The molecule has 0 saturated heterocycles. The maximum absolute atomic E-state index is 12.3. The van der Waals surface area contributed by atoms with Gasteiger partial charge in [0.05, 0.1) is 7.11 Å². The number of carbonyl (C=O) groups is 3. The molecule has 0 fully saturated rings. The third-order valence-electron chi connectivity index (χ3n) is 5.12. The van der Waals surface area contributed by atoms with Crippen molar-refractivity contribution in [2.24, 2.45) is 5.92 Å². The number of hydrogen-bond acceptors (Lipinski definition) is 6. The minimum absolute atomic E-state index is 0.236. The van der Waals surface area contributed by atoms with E-state index in [1.54, 1.807) is 24.3 Å². The smallest absolute Gasteiger partial charge is 0.349 e. The van der Waals surface area contributed by atoms with E-state index in [0.29, 0.717) is 17.4 Å². The molecule has 1 aromatic heterocycles. The zero-order valence-corrected chi connectivity index (χ0v) is 20.1. The highest BCUT2D eigenvalue weighted by molar-refractivity contribution is 6.03. The molecule has 9 nitrogen and oxygen atoms in total. The van der Waals surface area contributed by atoms with Crippen molar-refractivity contribution in [3.8, 4) is 11.8 Å². The van der Waals surface area contributed by atoms with E-state index in [9.17, 15) is 19.6 Å². The summed E-state index contributed by atoms with van der Waals surface area (Å²) in [6, 6.07) is 9.44. The molecule has 1 aromatic carbocycles. The molecular formula is C25H30N4O5. The predicted molar refractivity (Wildman–Crippen MR) is 128 cm³/mol. The molecule has 0 aliphatic carbocycles. The number of carbonyl (C=O) groups excluding carboxylic acids is 3. The summed E-state index contributed by atoms with van der Waals surface area (Å²) in [7, 11) is 1.52. The van der Waals surface area contributed by atoms with E-state index in [1.807, 2.05) is 26.0 Å². The van der Waals surface area contributed by atoms with Gasteiger partial charge in [0.25, 0.3) is 5.91 Å². The molecule has 0 aliphatic rings. The molecule has 1 heterocycles. The van der Waals surface area contributed by atoms with Crippen molar-refractivity contribution >= 4 is 29.7 Å². The predicted octanol–water partition coefficient (Wildman–Crippen LogP) is 3.96. The van der Waals surface area contributed by atoms with Crippen molar-refractivity contribution in [2.75, 3.05) is 19.0 Å². The van der Waals surface area contributed by atoms with Crippen LogP contribution in [0.15, 0.2) is 35.9 Å². The van der Waals surface area contributed by atoms with E-state index in [2.05, 4.69) is 29.0 Å². The van der Waals surface area contributed by atoms with Gasteiger partial charge in [-0.05, 0) is 68.2 Å². The van der Waals surface area contributed by atoms with Gasteiger partial charge in [0.1, 0.15) is 17.4 Å². The first-order valence-electron chi connectivity index (χ1n) is 10.8. The van der Waals surface area contributed by atoms with E-state index in [1.165, 1.54) is 13.2 Å². The lowest BCUT2D eigenvalue weighted by Gasteiger charge is -2.11. The van der Waals surface area contributed by atoms with Gasteiger partial charge in [0.2, 0.25) is 0 Å². The molecule has 0 bridgehead atoms. The molecule has 3 amide bonds. The summed E-state index contributed by atoms with van der Waals surface area (Å²) in [5, 5.41) is 13.9. The number of ether oxygens (including phenoxy) is 2. The van der Waals surface area contributed by atoms with E-state index < -0.39 is 24.5 Å². The zero-order valence-electron chi connectivity index (χ0n) is 20.1. The number of rotatable bonds is 9. The molecule has 180 valence electrons. The number of nitrogens with zero attached hydrogens (tertiary/aromatic N) is 2. The summed E-state index contributed by atoms with van der Waals surface area (Å²) in [4.78, 5) is 36.2. The average Bonchev–Trinajstić information content (AvgIpc) is 3.06. The van der Waals surface area contributed by atoms with Gasteiger partial charge in [0, 0.05) is 23.6 Å². The minimum Gasteiger partial charge on any atom is -0.497 e. The first-order valence-corrected chi connectivity index (χ1v) is 10.8. The standard InChI is InChI=1S/C25H30N4O5/c1-16(2)10-11-29-17(3)12-19(18(29)4)13-20(14-26)24(31)34-15-23(30)28-25(32)27-21-6-8-22(33-5)9-7-21/h6-9,12-13,16H,10-11,15H2,1-5H3,(H2,27,28,30,32)/b20-13+. The molecule has 0 unspecified atom stereocenters. The Kier molecular flexibility index (Phi) is 9.44.